The number of benzene rings is 1. The maximum atomic E-state index is 12.0. The number of halogens is 1. The molecule has 1 saturated heterocycles. The Hall–Kier alpha value is -1.40. The van der Waals surface area contributed by atoms with Crippen LogP contribution in [0.1, 0.15) is 23.2 Å². The van der Waals surface area contributed by atoms with Gasteiger partial charge in [0.05, 0.1) is 19.2 Å². The number of hydrogen-bond donors (Lipinski definition) is 2. The van der Waals surface area contributed by atoms with Crippen LogP contribution in [0.4, 0.5) is 0 Å². The Balaban J connectivity index is 1.87. The van der Waals surface area contributed by atoms with Crippen molar-refractivity contribution in [2.75, 3.05) is 19.7 Å². The maximum absolute atomic E-state index is 12.0. The third kappa shape index (κ3) is 3.58. The van der Waals surface area contributed by atoms with E-state index >= 15 is 0 Å². The zero-order valence-corrected chi connectivity index (χ0v) is 12.6. The Bertz CT molecular complexity index is 490. The second-order valence-corrected chi connectivity index (χ2v) is 5.67. The van der Waals surface area contributed by atoms with E-state index in [0.717, 1.165) is 17.3 Å². The van der Waals surface area contributed by atoms with Gasteiger partial charge in [0.15, 0.2) is 0 Å². The molecule has 1 aliphatic heterocycles. The van der Waals surface area contributed by atoms with Crippen LogP contribution < -0.4 is 5.32 Å². The Morgan fingerprint density at radius 3 is 2.70 bits per heavy atom. The number of nitrogens with zero attached hydrogens (tertiary/aromatic N) is 1. The quantitative estimate of drug-likeness (QED) is 0.864. The number of likely N-dealkylation sites (tertiary alicyclic amines) is 1. The molecule has 2 rings (SSSR count). The van der Waals surface area contributed by atoms with E-state index in [-0.39, 0.29) is 31.0 Å². The number of hydrogen-bond acceptors (Lipinski definition) is 3. The minimum Gasteiger partial charge on any atom is -0.394 e. The Labute approximate surface area is 126 Å². The molecule has 1 aromatic carbocycles. The highest BCUT2D eigenvalue weighted by molar-refractivity contribution is 9.10. The van der Waals surface area contributed by atoms with Crippen molar-refractivity contribution in [3.63, 3.8) is 0 Å². The van der Waals surface area contributed by atoms with Gasteiger partial charge in [-0.25, -0.2) is 0 Å². The lowest BCUT2D eigenvalue weighted by Crippen LogP contribution is -2.43. The minimum absolute atomic E-state index is 0.0214. The molecule has 1 aromatic rings. The Morgan fingerprint density at radius 1 is 1.35 bits per heavy atom. The average molecular weight is 341 g/mol. The smallest absolute Gasteiger partial charge is 0.251 e. The number of rotatable bonds is 4. The predicted molar refractivity (Wildman–Crippen MR) is 78.3 cm³/mol. The number of carbonyl (C=O) groups is 2. The number of aliphatic hydroxyl groups excluding tert-OH is 1. The van der Waals surface area contributed by atoms with Gasteiger partial charge in [-0.15, -0.1) is 0 Å². The lowest BCUT2D eigenvalue weighted by molar-refractivity contribution is -0.131. The fourth-order valence-corrected chi connectivity index (χ4v) is 2.58. The van der Waals surface area contributed by atoms with Crippen LogP contribution in [0.3, 0.4) is 0 Å². The van der Waals surface area contributed by atoms with Crippen LogP contribution in [0, 0.1) is 0 Å². The highest BCUT2D eigenvalue weighted by Crippen LogP contribution is 2.16. The van der Waals surface area contributed by atoms with Crippen LogP contribution in [0.25, 0.3) is 0 Å². The molecule has 0 spiro atoms. The van der Waals surface area contributed by atoms with Gasteiger partial charge in [-0.05, 0) is 37.1 Å². The average Bonchev–Trinajstić information content (AvgIpc) is 2.93. The van der Waals surface area contributed by atoms with Crippen LogP contribution in [0.15, 0.2) is 28.7 Å². The molecular weight excluding hydrogens is 324 g/mol. The van der Waals surface area contributed by atoms with E-state index in [0.29, 0.717) is 12.1 Å². The summed E-state index contributed by atoms with van der Waals surface area (Å²) in [7, 11) is 0. The highest BCUT2D eigenvalue weighted by Gasteiger charge is 2.27. The van der Waals surface area contributed by atoms with E-state index in [1.807, 2.05) is 0 Å². The Morgan fingerprint density at radius 2 is 2.05 bits per heavy atom. The van der Waals surface area contributed by atoms with Gasteiger partial charge in [-0.2, -0.15) is 0 Å². The molecule has 0 aromatic heterocycles. The summed E-state index contributed by atoms with van der Waals surface area (Å²) in [4.78, 5) is 25.5. The molecule has 1 atom stereocenters. The summed E-state index contributed by atoms with van der Waals surface area (Å²) in [6.07, 6.45) is 1.72. The molecule has 2 N–H and O–H groups in total. The van der Waals surface area contributed by atoms with E-state index in [2.05, 4.69) is 21.2 Å². The zero-order valence-electron chi connectivity index (χ0n) is 11.0. The third-order valence-electron chi connectivity index (χ3n) is 3.41. The predicted octanol–water partition coefficient (Wildman–Crippen LogP) is 1.16. The van der Waals surface area contributed by atoms with Crippen molar-refractivity contribution in [1.82, 2.24) is 10.2 Å². The molecule has 0 unspecified atom stereocenters. The standard InChI is InChI=1S/C14H17BrN2O3/c15-11-5-3-10(4-6-11)14(20)16-8-13(19)17-7-1-2-12(17)9-18/h3-6,12,18H,1-2,7-9H2,(H,16,20)/t12-/m1/s1. The second kappa shape index (κ2) is 6.85. The van der Waals surface area contributed by atoms with E-state index in [9.17, 15) is 14.7 Å². The Kier molecular flexibility index (Phi) is 5.14. The first kappa shape index (κ1) is 15.0. The first-order chi connectivity index (χ1) is 9.61. The van der Waals surface area contributed by atoms with E-state index in [1.165, 1.54) is 0 Å². The fourth-order valence-electron chi connectivity index (χ4n) is 2.31. The molecule has 1 aliphatic rings. The molecule has 1 heterocycles. The molecule has 0 radical (unpaired) electrons. The topological polar surface area (TPSA) is 69.6 Å². The maximum Gasteiger partial charge on any atom is 0.251 e. The van der Waals surface area contributed by atoms with Gasteiger partial charge in [0.1, 0.15) is 0 Å². The molecule has 20 heavy (non-hydrogen) atoms. The van der Waals surface area contributed by atoms with E-state index < -0.39 is 0 Å². The van der Waals surface area contributed by atoms with Crippen molar-refractivity contribution >= 4 is 27.7 Å². The molecule has 1 fully saturated rings. The molecule has 2 amide bonds. The van der Waals surface area contributed by atoms with Crippen LogP contribution >= 0.6 is 15.9 Å². The van der Waals surface area contributed by atoms with Gasteiger partial charge < -0.3 is 15.3 Å². The summed E-state index contributed by atoms with van der Waals surface area (Å²) in [5.74, 6) is -0.419. The first-order valence-electron chi connectivity index (χ1n) is 6.56. The lowest BCUT2D eigenvalue weighted by atomic mass is 10.2. The first-order valence-corrected chi connectivity index (χ1v) is 7.35. The normalized spacial score (nSPS) is 18.1. The summed E-state index contributed by atoms with van der Waals surface area (Å²) in [6, 6.07) is 6.83. The molecule has 0 bridgehead atoms. The molecular formula is C14H17BrN2O3. The van der Waals surface area contributed by atoms with Crippen LogP contribution in [-0.4, -0.2) is 47.6 Å². The van der Waals surface area contributed by atoms with Gasteiger partial charge in [-0.3, -0.25) is 9.59 Å². The molecule has 108 valence electrons. The van der Waals surface area contributed by atoms with Crippen molar-refractivity contribution in [3.8, 4) is 0 Å². The van der Waals surface area contributed by atoms with Crippen molar-refractivity contribution in [2.24, 2.45) is 0 Å². The van der Waals surface area contributed by atoms with Crippen molar-refractivity contribution in [3.05, 3.63) is 34.3 Å². The minimum atomic E-state index is -0.273. The number of nitrogens with one attached hydrogen (secondary N) is 1. The monoisotopic (exact) mass is 340 g/mol. The third-order valence-corrected chi connectivity index (χ3v) is 3.94. The van der Waals surface area contributed by atoms with Crippen LogP contribution in [0.5, 0.6) is 0 Å². The van der Waals surface area contributed by atoms with Gasteiger partial charge in [-0.1, -0.05) is 15.9 Å². The molecule has 0 aliphatic carbocycles. The molecule has 0 saturated carbocycles. The highest BCUT2D eigenvalue weighted by atomic mass is 79.9. The van der Waals surface area contributed by atoms with Crippen LogP contribution in [-0.2, 0) is 4.79 Å². The largest absolute Gasteiger partial charge is 0.394 e. The van der Waals surface area contributed by atoms with Crippen molar-refractivity contribution in [2.45, 2.75) is 18.9 Å². The van der Waals surface area contributed by atoms with Crippen LogP contribution in [0.2, 0.25) is 0 Å². The number of amides is 2. The molecule has 5 nitrogen and oxygen atoms in total. The summed E-state index contributed by atoms with van der Waals surface area (Å²) in [5.41, 5.74) is 0.515. The van der Waals surface area contributed by atoms with Crippen molar-refractivity contribution < 1.29 is 14.7 Å². The van der Waals surface area contributed by atoms with Gasteiger partial charge >= 0.3 is 0 Å². The molecule has 6 heteroatoms. The van der Waals surface area contributed by atoms with Gasteiger partial charge in [0.25, 0.3) is 5.91 Å². The van der Waals surface area contributed by atoms with Gasteiger partial charge in [0.2, 0.25) is 5.91 Å². The van der Waals surface area contributed by atoms with Gasteiger partial charge in [0, 0.05) is 16.6 Å². The fraction of sp³-hybridized carbons (Fsp3) is 0.429. The number of carbonyl (C=O) groups excluding carboxylic acids is 2. The zero-order chi connectivity index (χ0) is 14.5. The summed E-state index contributed by atoms with van der Waals surface area (Å²) < 4.78 is 0.896. The SMILES string of the molecule is O=C(NCC(=O)N1CCC[C@@H]1CO)c1ccc(Br)cc1. The van der Waals surface area contributed by atoms with Crippen molar-refractivity contribution in [1.29, 1.82) is 0 Å². The summed E-state index contributed by atoms with van der Waals surface area (Å²) >= 11 is 3.30. The summed E-state index contributed by atoms with van der Waals surface area (Å²) in [5, 5.41) is 11.8. The summed E-state index contributed by atoms with van der Waals surface area (Å²) in [6.45, 7) is 0.593. The lowest BCUT2D eigenvalue weighted by Gasteiger charge is -2.23. The van der Waals surface area contributed by atoms with E-state index in [4.69, 9.17) is 0 Å². The van der Waals surface area contributed by atoms with E-state index in [1.54, 1.807) is 29.2 Å². The number of aliphatic hydroxyl groups is 1. The second-order valence-electron chi connectivity index (χ2n) is 4.76.